The minimum absolute atomic E-state index is 0.139. The quantitative estimate of drug-likeness (QED) is 0.580. The van der Waals surface area contributed by atoms with Gasteiger partial charge in [-0.1, -0.05) is 51.5 Å². The van der Waals surface area contributed by atoms with Crippen molar-refractivity contribution < 1.29 is 8.57 Å². The fourth-order valence-corrected chi connectivity index (χ4v) is 2.74. The fraction of sp³-hybridized carbons (Fsp3) is 0.750. The Morgan fingerprint density at radius 2 is 1.95 bits per heavy atom. The molecule has 0 aromatic heterocycles. The van der Waals surface area contributed by atoms with Crippen LogP contribution in [0.3, 0.4) is 0 Å². The molecule has 0 aliphatic heterocycles. The molecule has 19 heavy (non-hydrogen) atoms. The molecule has 0 N–H and O–H groups in total. The topological polar surface area (TPSA) is 18.5 Å². The van der Waals surface area contributed by atoms with Crippen LogP contribution >= 0.6 is 16.3 Å². The second kappa shape index (κ2) is 8.23. The summed E-state index contributed by atoms with van der Waals surface area (Å²) in [5.74, 6) is 1.32. The van der Waals surface area contributed by atoms with Gasteiger partial charge in [-0.3, -0.25) is 0 Å². The molecule has 0 spiro atoms. The number of allylic oxidation sites excluding steroid dienone is 2. The molecule has 0 saturated heterocycles. The van der Waals surface area contributed by atoms with Gasteiger partial charge in [0.05, 0.1) is 35.1 Å². The highest BCUT2D eigenvalue weighted by atomic mass is 79.9. The highest BCUT2D eigenvalue weighted by molar-refractivity contribution is 9.06. The van der Waals surface area contributed by atoms with E-state index in [0.717, 1.165) is 19.3 Å². The molecule has 0 saturated carbocycles. The predicted octanol–water partition coefficient (Wildman–Crippen LogP) is 5.05. The summed E-state index contributed by atoms with van der Waals surface area (Å²) < 4.78 is 11.0. The maximum absolute atomic E-state index is 6.09. The van der Waals surface area contributed by atoms with Gasteiger partial charge in [0.1, 0.15) is 0 Å². The Morgan fingerprint density at radius 1 is 1.21 bits per heavy atom. The van der Waals surface area contributed by atoms with Crippen LogP contribution in [0, 0.1) is 11.8 Å². The maximum atomic E-state index is 6.09. The Labute approximate surface area is 126 Å². The van der Waals surface area contributed by atoms with Gasteiger partial charge in [0.25, 0.3) is 0 Å². The van der Waals surface area contributed by atoms with Gasteiger partial charge < -0.3 is 8.57 Å². The van der Waals surface area contributed by atoms with E-state index in [2.05, 4.69) is 62.2 Å². The smallest absolute Gasteiger partial charge is 0.0988 e. The average Bonchev–Trinajstić information content (AvgIpc) is 2.31. The monoisotopic (exact) mass is 330 g/mol. The molecule has 1 rings (SSSR count). The normalized spacial score (nSPS) is 23.2. The SMILES string of the molecule is CC(C)CC1=CCC(CC(C)C)(OCCOBr)C=C1. The lowest BCUT2D eigenvalue weighted by molar-refractivity contribution is -0.0301. The van der Waals surface area contributed by atoms with E-state index in [1.807, 2.05) is 0 Å². The van der Waals surface area contributed by atoms with Gasteiger partial charge in [-0.05, 0) is 31.1 Å². The predicted molar refractivity (Wildman–Crippen MR) is 84.3 cm³/mol. The van der Waals surface area contributed by atoms with E-state index in [0.29, 0.717) is 25.0 Å². The first-order chi connectivity index (χ1) is 8.97. The molecule has 0 aromatic rings. The van der Waals surface area contributed by atoms with Crippen LogP contribution in [-0.4, -0.2) is 18.8 Å². The van der Waals surface area contributed by atoms with Crippen molar-refractivity contribution in [2.75, 3.05) is 13.2 Å². The van der Waals surface area contributed by atoms with Crippen LogP contribution in [-0.2, 0) is 8.57 Å². The highest BCUT2D eigenvalue weighted by Gasteiger charge is 2.30. The lowest BCUT2D eigenvalue weighted by Gasteiger charge is -2.34. The van der Waals surface area contributed by atoms with Gasteiger partial charge in [0.15, 0.2) is 0 Å². The summed E-state index contributed by atoms with van der Waals surface area (Å²) in [6.07, 6.45) is 10.0. The van der Waals surface area contributed by atoms with E-state index in [1.165, 1.54) is 5.57 Å². The van der Waals surface area contributed by atoms with E-state index >= 15 is 0 Å². The van der Waals surface area contributed by atoms with Crippen molar-refractivity contribution >= 4 is 16.3 Å². The van der Waals surface area contributed by atoms with Gasteiger partial charge in [0, 0.05) is 0 Å². The number of halogens is 1. The van der Waals surface area contributed by atoms with Gasteiger partial charge in [-0.25, -0.2) is 0 Å². The molecular formula is C16H27BrO2. The standard InChI is InChI=1S/C16H27BrO2/c1-13(2)11-15-5-7-16(8-6-15,12-14(3)4)18-9-10-19-17/h5-7,13-14H,8-12H2,1-4H3. The van der Waals surface area contributed by atoms with Crippen LogP contribution in [0.15, 0.2) is 23.8 Å². The minimum atomic E-state index is -0.139. The summed E-state index contributed by atoms with van der Waals surface area (Å²) in [4.78, 5) is 0. The molecule has 0 aromatic carbocycles. The Kier molecular flexibility index (Phi) is 7.33. The van der Waals surface area contributed by atoms with Gasteiger partial charge in [-0.2, -0.15) is 0 Å². The fourth-order valence-electron chi connectivity index (χ4n) is 2.61. The Balaban J connectivity index is 2.63. The number of hydrogen-bond donors (Lipinski definition) is 0. The molecular weight excluding hydrogens is 304 g/mol. The lowest BCUT2D eigenvalue weighted by atomic mass is 9.83. The third kappa shape index (κ3) is 6.24. The molecule has 1 atom stereocenters. The van der Waals surface area contributed by atoms with E-state index in [4.69, 9.17) is 8.57 Å². The van der Waals surface area contributed by atoms with Gasteiger partial charge in [0.2, 0.25) is 0 Å². The van der Waals surface area contributed by atoms with Crippen molar-refractivity contribution in [3.05, 3.63) is 23.8 Å². The van der Waals surface area contributed by atoms with E-state index in [1.54, 1.807) is 0 Å². The van der Waals surface area contributed by atoms with Crippen LogP contribution in [0.25, 0.3) is 0 Å². The van der Waals surface area contributed by atoms with E-state index in [-0.39, 0.29) is 5.60 Å². The zero-order chi connectivity index (χ0) is 14.3. The molecule has 0 amide bonds. The number of rotatable bonds is 8. The molecule has 0 fully saturated rings. The Morgan fingerprint density at radius 3 is 2.42 bits per heavy atom. The molecule has 0 heterocycles. The Hall–Kier alpha value is -0.120. The number of ether oxygens (including phenoxy) is 1. The van der Waals surface area contributed by atoms with Crippen molar-refractivity contribution in [3.8, 4) is 0 Å². The van der Waals surface area contributed by atoms with Crippen molar-refractivity contribution in [3.63, 3.8) is 0 Å². The summed E-state index contributed by atoms with van der Waals surface area (Å²) in [5, 5.41) is 0. The van der Waals surface area contributed by atoms with Crippen LogP contribution in [0.1, 0.15) is 47.0 Å². The van der Waals surface area contributed by atoms with Crippen LogP contribution < -0.4 is 0 Å². The third-order valence-corrected chi connectivity index (χ3v) is 3.58. The second-order valence-corrected chi connectivity index (χ2v) is 6.70. The van der Waals surface area contributed by atoms with Gasteiger partial charge in [-0.15, -0.1) is 0 Å². The first kappa shape index (κ1) is 16.9. The van der Waals surface area contributed by atoms with Crippen molar-refractivity contribution in [1.82, 2.24) is 0 Å². The first-order valence-electron chi connectivity index (χ1n) is 7.23. The highest BCUT2D eigenvalue weighted by Crippen LogP contribution is 2.33. The summed E-state index contributed by atoms with van der Waals surface area (Å²) in [7, 11) is 0. The largest absolute Gasteiger partial charge is 0.368 e. The van der Waals surface area contributed by atoms with Crippen molar-refractivity contribution in [2.24, 2.45) is 11.8 Å². The summed E-state index contributed by atoms with van der Waals surface area (Å²) in [6.45, 7) is 10.2. The molecule has 1 aliphatic carbocycles. The van der Waals surface area contributed by atoms with Gasteiger partial charge >= 0.3 is 0 Å². The van der Waals surface area contributed by atoms with Crippen LogP contribution in [0.5, 0.6) is 0 Å². The minimum Gasteiger partial charge on any atom is -0.368 e. The maximum Gasteiger partial charge on any atom is 0.0988 e. The first-order valence-corrected chi connectivity index (χ1v) is 7.88. The lowest BCUT2D eigenvalue weighted by Crippen LogP contribution is -2.34. The van der Waals surface area contributed by atoms with Crippen LogP contribution in [0.4, 0.5) is 0 Å². The van der Waals surface area contributed by atoms with Crippen LogP contribution in [0.2, 0.25) is 0 Å². The third-order valence-electron chi connectivity index (χ3n) is 3.26. The van der Waals surface area contributed by atoms with E-state index < -0.39 is 0 Å². The molecule has 3 heteroatoms. The van der Waals surface area contributed by atoms with E-state index in [9.17, 15) is 0 Å². The molecule has 1 unspecified atom stereocenters. The molecule has 110 valence electrons. The Bertz CT molecular complexity index is 321. The zero-order valence-electron chi connectivity index (χ0n) is 12.6. The molecule has 0 radical (unpaired) electrons. The summed E-state index contributed by atoms with van der Waals surface area (Å²) >= 11 is 2.97. The summed E-state index contributed by atoms with van der Waals surface area (Å²) in [6, 6.07) is 0. The molecule has 2 nitrogen and oxygen atoms in total. The number of hydrogen-bond acceptors (Lipinski definition) is 2. The van der Waals surface area contributed by atoms with Crippen molar-refractivity contribution in [1.29, 1.82) is 0 Å². The molecule has 1 aliphatic rings. The summed E-state index contributed by atoms with van der Waals surface area (Å²) in [5.41, 5.74) is 1.30. The average molecular weight is 331 g/mol. The van der Waals surface area contributed by atoms with Crippen molar-refractivity contribution in [2.45, 2.75) is 52.6 Å². The zero-order valence-corrected chi connectivity index (χ0v) is 14.2. The second-order valence-electron chi connectivity index (χ2n) is 6.24. The molecule has 0 bridgehead atoms.